The average molecular weight is 168 g/mol. The first kappa shape index (κ1) is 6.26. The van der Waals surface area contributed by atoms with E-state index in [1.54, 1.807) is 21.6 Å². The highest BCUT2D eigenvalue weighted by atomic mass is 33.1. The standard InChI is InChI=1S/C3H4S4/c4-2-1-6-7-3(2)5/h4-5H,1H2. The Labute approximate surface area is 61.7 Å². The van der Waals surface area contributed by atoms with Crippen LogP contribution in [0.2, 0.25) is 0 Å². The molecule has 0 bridgehead atoms. The maximum absolute atomic E-state index is 4.15. The van der Waals surface area contributed by atoms with E-state index in [1.807, 2.05) is 0 Å². The van der Waals surface area contributed by atoms with Gasteiger partial charge in [-0.1, -0.05) is 10.8 Å². The van der Waals surface area contributed by atoms with Gasteiger partial charge in [0.2, 0.25) is 0 Å². The van der Waals surface area contributed by atoms with Crippen LogP contribution in [0, 0.1) is 0 Å². The highest BCUT2D eigenvalue weighted by Crippen LogP contribution is 2.44. The van der Waals surface area contributed by atoms with Gasteiger partial charge in [0.15, 0.2) is 0 Å². The fraction of sp³-hybridized carbons (Fsp3) is 0.333. The number of rotatable bonds is 0. The smallest absolute Gasteiger partial charge is 0.0581 e. The van der Waals surface area contributed by atoms with E-state index in [1.165, 1.54) is 0 Å². The Morgan fingerprint density at radius 1 is 1.43 bits per heavy atom. The Balaban J connectivity index is 2.64. The van der Waals surface area contributed by atoms with Gasteiger partial charge in [0, 0.05) is 10.7 Å². The second kappa shape index (κ2) is 2.62. The van der Waals surface area contributed by atoms with Crippen molar-refractivity contribution in [1.82, 2.24) is 0 Å². The third-order valence-electron chi connectivity index (χ3n) is 0.580. The van der Waals surface area contributed by atoms with E-state index in [-0.39, 0.29) is 0 Å². The number of hydrogen-bond donors (Lipinski definition) is 2. The lowest BCUT2D eigenvalue weighted by Crippen LogP contribution is -1.65. The predicted octanol–water partition coefficient (Wildman–Crippen LogP) is 2.41. The minimum Gasteiger partial charge on any atom is -0.145 e. The van der Waals surface area contributed by atoms with E-state index in [4.69, 9.17) is 0 Å². The molecule has 0 saturated heterocycles. The summed E-state index contributed by atoms with van der Waals surface area (Å²) < 4.78 is 1.06. The second-order valence-corrected chi connectivity index (χ2v) is 4.69. The van der Waals surface area contributed by atoms with Crippen LogP contribution in [0.15, 0.2) is 9.14 Å². The SMILES string of the molecule is SC1=C(S)SSC1. The summed E-state index contributed by atoms with van der Waals surface area (Å²) in [5, 5.41) is 0. The average Bonchev–Trinajstić information content (AvgIpc) is 1.91. The van der Waals surface area contributed by atoms with E-state index in [0.29, 0.717) is 0 Å². The van der Waals surface area contributed by atoms with Gasteiger partial charge in [-0.15, -0.1) is 25.3 Å². The summed E-state index contributed by atoms with van der Waals surface area (Å²) in [5.41, 5.74) is 0. The van der Waals surface area contributed by atoms with Crippen molar-refractivity contribution < 1.29 is 0 Å². The molecule has 0 fully saturated rings. The molecule has 1 aliphatic heterocycles. The third kappa shape index (κ3) is 1.52. The van der Waals surface area contributed by atoms with Gasteiger partial charge in [-0.2, -0.15) is 0 Å². The van der Waals surface area contributed by atoms with Crippen molar-refractivity contribution >= 4 is 46.8 Å². The van der Waals surface area contributed by atoms with Crippen LogP contribution >= 0.6 is 46.8 Å². The molecule has 0 aliphatic carbocycles. The van der Waals surface area contributed by atoms with Crippen LogP contribution in [-0.4, -0.2) is 5.75 Å². The third-order valence-corrected chi connectivity index (χ3v) is 4.55. The largest absolute Gasteiger partial charge is 0.145 e. The van der Waals surface area contributed by atoms with Crippen LogP contribution in [0.25, 0.3) is 0 Å². The van der Waals surface area contributed by atoms with Gasteiger partial charge in [0.1, 0.15) is 0 Å². The van der Waals surface area contributed by atoms with Crippen LogP contribution in [-0.2, 0) is 0 Å². The van der Waals surface area contributed by atoms with Gasteiger partial charge < -0.3 is 0 Å². The van der Waals surface area contributed by atoms with E-state index in [0.717, 1.165) is 14.9 Å². The lowest BCUT2D eigenvalue weighted by atomic mass is 10.7. The molecule has 0 atom stereocenters. The molecule has 0 aromatic carbocycles. The molecule has 7 heavy (non-hydrogen) atoms. The molecule has 40 valence electrons. The summed E-state index contributed by atoms with van der Waals surface area (Å²) in [4.78, 5) is 1.11. The fourth-order valence-electron chi connectivity index (χ4n) is 0.251. The highest BCUT2D eigenvalue weighted by Gasteiger charge is 2.07. The van der Waals surface area contributed by atoms with Gasteiger partial charge >= 0.3 is 0 Å². The molecule has 4 heteroatoms. The van der Waals surface area contributed by atoms with Crippen LogP contribution in [0.3, 0.4) is 0 Å². The van der Waals surface area contributed by atoms with Crippen molar-refractivity contribution in [2.75, 3.05) is 5.75 Å². The highest BCUT2D eigenvalue weighted by molar-refractivity contribution is 8.80. The molecule has 1 aliphatic rings. The molecule has 0 N–H and O–H groups in total. The summed E-state index contributed by atoms with van der Waals surface area (Å²) in [6.45, 7) is 0. The number of thiol groups is 2. The first-order chi connectivity index (χ1) is 3.30. The van der Waals surface area contributed by atoms with Crippen molar-refractivity contribution in [1.29, 1.82) is 0 Å². The maximum atomic E-state index is 4.15. The zero-order chi connectivity index (χ0) is 5.28. The minimum absolute atomic E-state index is 1.02. The Bertz CT molecular complexity index is 93.5. The molecule has 0 nitrogen and oxygen atoms in total. The van der Waals surface area contributed by atoms with Gasteiger partial charge in [0.05, 0.1) is 4.24 Å². The quantitative estimate of drug-likeness (QED) is 0.421. The minimum atomic E-state index is 1.02. The Hall–Kier alpha value is 1.14. The summed E-state index contributed by atoms with van der Waals surface area (Å²) in [6, 6.07) is 0. The van der Waals surface area contributed by atoms with Gasteiger partial charge in [-0.3, -0.25) is 0 Å². The normalized spacial score (nSPS) is 21.4. The molecule has 0 amide bonds. The monoisotopic (exact) mass is 168 g/mol. The van der Waals surface area contributed by atoms with E-state index in [9.17, 15) is 0 Å². The first-order valence-electron chi connectivity index (χ1n) is 1.71. The topological polar surface area (TPSA) is 0 Å². The predicted molar refractivity (Wildman–Crippen MR) is 45.0 cm³/mol. The summed E-state index contributed by atoms with van der Waals surface area (Å²) >= 11 is 8.28. The maximum Gasteiger partial charge on any atom is 0.0581 e. The summed E-state index contributed by atoms with van der Waals surface area (Å²) in [7, 11) is 3.47. The van der Waals surface area contributed by atoms with Crippen molar-refractivity contribution in [2.45, 2.75) is 0 Å². The molecular formula is C3H4S4. The van der Waals surface area contributed by atoms with Crippen molar-refractivity contribution in [3.63, 3.8) is 0 Å². The molecule has 0 radical (unpaired) electrons. The van der Waals surface area contributed by atoms with Crippen molar-refractivity contribution in [3.8, 4) is 0 Å². The molecular weight excluding hydrogens is 164 g/mol. The Kier molecular flexibility index (Phi) is 2.34. The van der Waals surface area contributed by atoms with Gasteiger partial charge in [-0.05, 0) is 10.8 Å². The van der Waals surface area contributed by atoms with E-state index in [2.05, 4.69) is 25.3 Å². The first-order valence-corrected chi connectivity index (χ1v) is 4.92. The number of hydrogen-bond acceptors (Lipinski definition) is 4. The molecule has 1 heterocycles. The van der Waals surface area contributed by atoms with Crippen molar-refractivity contribution in [3.05, 3.63) is 9.14 Å². The van der Waals surface area contributed by atoms with Crippen molar-refractivity contribution in [2.24, 2.45) is 0 Å². The zero-order valence-corrected chi connectivity index (χ0v) is 6.84. The Morgan fingerprint density at radius 2 is 2.14 bits per heavy atom. The lowest BCUT2D eigenvalue weighted by Gasteiger charge is -1.82. The molecule has 0 aromatic rings. The second-order valence-electron chi connectivity index (χ2n) is 1.10. The molecule has 0 aromatic heterocycles. The van der Waals surface area contributed by atoms with Crippen LogP contribution in [0.1, 0.15) is 0 Å². The molecule has 0 spiro atoms. The van der Waals surface area contributed by atoms with E-state index >= 15 is 0 Å². The van der Waals surface area contributed by atoms with E-state index < -0.39 is 0 Å². The Morgan fingerprint density at radius 3 is 2.29 bits per heavy atom. The van der Waals surface area contributed by atoms with Gasteiger partial charge in [0.25, 0.3) is 0 Å². The van der Waals surface area contributed by atoms with Crippen LogP contribution < -0.4 is 0 Å². The van der Waals surface area contributed by atoms with Gasteiger partial charge in [-0.25, -0.2) is 0 Å². The van der Waals surface area contributed by atoms with Crippen LogP contribution in [0.5, 0.6) is 0 Å². The molecule has 1 rings (SSSR count). The lowest BCUT2D eigenvalue weighted by molar-refractivity contribution is 1.77. The zero-order valence-electron chi connectivity index (χ0n) is 3.42. The summed E-state index contributed by atoms with van der Waals surface area (Å²) in [5.74, 6) is 1.02. The molecule has 0 unspecified atom stereocenters. The van der Waals surface area contributed by atoms with Crippen LogP contribution in [0.4, 0.5) is 0 Å². The molecule has 0 saturated carbocycles. The summed E-state index contributed by atoms with van der Waals surface area (Å²) in [6.07, 6.45) is 0. The fourth-order valence-corrected chi connectivity index (χ4v) is 3.54.